The SMILES string of the molecule is CC(C)[C@@H](Cc1ccccc1)NSN. The highest BCUT2D eigenvalue weighted by atomic mass is 32.2. The van der Waals surface area contributed by atoms with Crippen molar-refractivity contribution in [1.29, 1.82) is 0 Å². The third-order valence-corrected chi connectivity index (χ3v) is 2.76. The lowest BCUT2D eigenvalue weighted by Crippen LogP contribution is -2.32. The van der Waals surface area contributed by atoms with Crippen LogP contribution in [-0.4, -0.2) is 6.04 Å². The number of nitrogens with two attached hydrogens (primary N) is 1. The highest BCUT2D eigenvalue weighted by Gasteiger charge is 2.12. The van der Waals surface area contributed by atoms with E-state index in [9.17, 15) is 0 Å². The van der Waals surface area contributed by atoms with Crippen molar-refractivity contribution in [3.63, 3.8) is 0 Å². The van der Waals surface area contributed by atoms with Gasteiger partial charge < -0.3 is 0 Å². The van der Waals surface area contributed by atoms with Gasteiger partial charge in [0.25, 0.3) is 0 Å². The van der Waals surface area contributed by atoms with E-state index in [0.29, 0.717) is 12.0 Å². The Bertz CT molecular complexity index is 249. The first kappa shape index (κ1) is 11.6. The Balaban J connectivity index is 2.55. The van der Waals surface area contributed by atoms with E-state index in [1.807, 2.05) is 6.07 Å². The Hall–Kier alpha value is -0.510. The molecule has 3 N–H and O–H groups in total. The molecule has 14 heavy (non-hydrogen) atoms. The van der Waals surface area contributed by atoms with Crippen molar-refractivity contribution in [3.05, 3.63) is 35.9 Å². The van der Waals surface area contributed by atoms with E-state index in [1.165, 1.54) is 17.7 Å². The quantitative estimate of drug-likeness (QED) is 0.733. The highest BCUT2D eigenvalue weighted by molar-refractivity contribution is 7.95. The highest BCUT2D eigenvalue weighted by Crippen LogP contribution is 2.11. The molecule has 1 atom stereocenters. The monoisotopic (exact) mass is 210 g/mol. The topological polar surface area (TPSA) is 38.0 Å². The lowest BCUT2D eigenvalue weighted by Gasteiger charge is -2.20. The van der Waals surface area contributed by atoms with Gasteiger partial charge in [0.05, 0.1) is 0 Å². The maximum absolute atomic E-state index is 5.43. The van der Waals surface area contributed by atoms with Crippen molar-refractivity contribution in [2.75, 3.05) is 0 Å². The summed E-state index contributed by atoms with van der Waals surface area (Å²) >= 11 is 1.21. The molecule has 0 saturated heterocycles. The predicted molar refractivity (Wildman–Crippen MR) is 63.7 cm³/mol. The molecule has 0 fully saturated rings. The minimum absolute atomic E-state index is 0.437. The van der Waals surface area contributed by atoms with E-state index in [0.717, 1.165) is 6.42 Å². The summed E-state index contributed by atoms with van der Waals surface area (Å²) in [4.78, 5) is 0. The molecular formula is C11H18N2S. The molecule has 0 amide bonds. The van der Waals surface area contributed by atoms with Gasteiger partial charge >= 0.3 is 0 Å². The second kappa shape index (κ2) is 6.06. The Kier molecular flexibility index (Phi) is 5.01. The van der Waals surface area contributed by atoms with Crippen LogP contribution in [-0.2, 0) is 6.42 Å². The number of hydrogen-bond acceptors (Lipinski definition) is 3. The van der Waals surface area contributed by atoms with E-state index in [-0.39, 0.29) is 0 Å². The number of hydrogen-bond donors (Lipinski definition) is 2. The van der Waals surface area contributed by atoms with Crippen molar-refractivity contribution in [2.24, 2.45) is 11.1 Å². The van der Waals surface area contributed by atoms with Crippen molar-refractivity contribution in [2.45, 2.75) is 26.3 Å². The van der Waals surface area contributed by atoms with Crippen molar-refractivity contribution >= 4 is 12.1 Å². The van der Waals surface area contributed by atoms with E-state index in [1.54, 1.807) is 0 Å². The summed E-state index contributed by atoms with van der Waals surface area (Å²) in [5, 5.41) is 5.43. The maximum atomic E-state index is 5.43. The summed E-state index contributed by atoms with van der Waals surface area (Å²) in [6, 6.07) is 10.9. The number of nitrogens with one attached hydrogen (secondary N) is 1. The molecule has 0 radical (unpaired) electrons. The van der Waals surface area contributed by atoms with Crippen LogP contribution in [0.25, 0.3) is 0 Å². The van der Waals surface area contributed by atoms with Crippen LogP contribution in [0.1, 0.15) is 19.4 Å². The van der Waals surface area contributed by atoms with Crippen LogP contribution < -0.4 is 9.86 Å². The van der Waals surface area contributed by atoms with Crippen LogP contribution >= 0.6 is 12.1 Å². The molecule has 1 rings (SSSR count). The Labute approximate surface area is 90.5 Å². The van der Waals surface area contributed by atoms with Gasteiger partial charge in [-0.3, -0.25) is 5.14 Å². The molecule has 0 aliphatic rings. The van der Waals surface area contributed by atoms with E-state index in [4.69, 9.17) is 5.14 Å². The fourth-order valence-corrected chi connectivity index (χ4v) is 1.90. The van der Waals surface area contributed by atoms with E-state index < -0.39 is 0 Å². The molecular weight excluding hydrogens is 192 g/mol. The van der Waals surface area contributed by atoms with Gasteiger partial charge in [0, 0.05) is 18.2 Å². The standard InChI is InChI=1S/C11H18N2S/c1-9(2)11(13-14-12)8-10-6-4-3-5-7-10/h3-7,9,11,13H,8,12H2,1-2H3/t11-/m1/s1. The van der Waals surface area contributed by atoms with Crippen LogP contribution in [0.3, 0.4) is 0 Å². The minimum Gasteiger partial charge on any atom is -0.264 e. The molecule has 0 aliphatic carbocycles. The fourth-order valence-electron chi connectivity index (χ4n) is 1.37. The largest absolute Gasteiger partial charge is 0.264 e. The first-order chi connectivity index (χ1) is 6.74. The first-order valence-corrected chi connectivity index (χ1v) is 5.77. The molecule has 0 saturated carbocycles. The summed E-state index contributed by atoms with van der Waals surface area (Å²) in [6.45, 7) is 4.41. The Morgan fingerprint density at radius 2 is 1.93 bits per heavy atom. The molecule has 1 aromatic rings. The summed E-state index contributed by atoms with van der Waals surface area (Å²) < 4.78 is 3.22. The molecule has 0 bridgehead atoms. The molecule has 2 nitrogen and oxygen atoms in total. The fraction of sp³-hybridized carbons (Fsp3) is 0.455. The second-order valence-corrected chi connectivity index (χ2v) is 4.25. The van der Waals surface area contributed by atoms with Crippen molar-refractivity contribution in [3.8, 4) is 0 Å². The zero-order valence-electron chi connectivity index (χ0n) is 8.73. The zero-order chi connectivity index (χ0) is 10.4. The van der Waals surface area contributed by atoms with Crippen LogP contribution in [0.2, 0.25) is 0 Å². The van der Waals surface area contributed by atoms with Gasteiger partial charge in [0.15, 0.2) is 0 Å². The molecule has 78 valence electrons. The van der Waals surface area contributed by atoms with E-state index in [2.05, 4.69) is 42.8 Å². The average molecular weight is 210 g/mol. The minimum atomic E-state index is 0.437. The third-order valence-electron chi connectivity index (χ3n) is 2.32. The summed E-state index contributed by atoms with van der Waals surface area (Å²) in [7, 11) is 0. The van der Waals surface area contributed by atoms with E-state index >= 15 is 0 Å². The summed E-state index contributed by atoms with van der Waals surface area (Å²) in [6.07, 6.45) is 1.03. The molecule has 0 aliphatic heterocycles. The second-order valence-electron chi connectivity index (χ2n) is 3.78. The molecule has 3 heteroatoms. The third kappa shape index (κ3) is 3.70. The van der Waals surface area contributed by atoms with Gasteiger partial charge in [-0.05, 0) is 17.9 Å². The van der Waals surface area contributed by atoms with Gasteiger partial charge in [-0.15, -0.1) is 0 Å². The predicted octanol–water partition coefficient (Wildman–Crippen LogP) is 2.37. The molecule has 0 aromatic heterocycles. The van der Waals surface area contributed by atoms with Gasteiger partial charge in [0.2, 0.25) is 0 Å². The van der Waals surface area contributed by atoms with Gasteiger partial charge in [-0.1, -0.05) is 44.2 Å². The first-order valence-electron chi connectivity index (χ1n) is 4.89. The number of benzene rings is 1. The lowest BCUT2D eigenvalue weighted by molar-refractivity contribution is 0.465. The van der Waals surface area contributed by atoms with Crippen molar-refractivity contribution in [1.82, 2.24) is 4.72 Å². The molecule has 0 heterocycles. The maximum Gasteiger partial charge on any atom is 0.0247 e. The smallest absolute Gasteiger partial charge is 0.0247 e. The zero-order valence-corrected chi connectivity index (χ0v) is 9.55. The van der Waals surface area contributed by atoms with Crippen LogP contribution in [0.4, 0.5) is 0 Å². The van der Waals surface area contributed by atoms with Gasteiger partial charge in [-0.25, -0.2) is 4.72 Å². The van der Waals surface area contributed by atoms with Gasteiger partial charge in [-0.2, -0.15) is 0 Å². The summed E-state index contributed by atoms with van der Waals surface area (Å²) in [5.41, 5.74) is 1.35. The Morgan fingerprint density at radius 1 is 1.29 bits per heavy atom. The Morgan fingerprint density at radius 3 is 2.43 bits per heavy atom. The lowest BCUT2D eigenvalue weighted by atomic mass is 9.97. The molecule has 0 unspecified atom stereocenters. The average Bonchev–Trinajstić information content (AvgIpc) is 2.18. The van der Waals surface area contributed by atoms with Crippen LogP contribution in [0.15, 0.2) is 30.3 Å². The summed E-state index contributed by atoms with van der Waals surface area (Å²) in [5.74, 6) is 0.589. The van der Waals surface area contributed by atoms with Crippen LogP contribution in [0, 0.1) is 5.92 Å². The normalized spacial score (nSPS) is 13.1. The number of rotatable bonds is 5. The van der Waals surface area contributed by atoms with Crippen molar-refractivity contribution < 1.29 is 0 Å². The van der Waals surface area contributed by atoms with Gasteiger partial charge in [0.1, 0.15) is 0 Å². The van der Waals surface area contributed by atoms with Crippen LogP contribution in [0.5, 0.6) is 0 Å². The molecule has 1 aromatic carbocycles. The molecule has 0 spiro atoms.